The van der Waals surface area contributed by atoms with Crippen LogP contribution in [0.5, 0.6) is 0 Å². The van der Waals surface area contributed by atoms with Crippen molar-refractivity contribution < 1.29 is 24.2 Å². The van der Waals surface area contributed by atoms with Crippen molar-refractivity contribution in [1.29, 1.82) is 0 Å². The van der Waals surface area contributed by atoms with Crippen LogP contribution in [0.1, 0.15) is 79.1 Å². The van der Waals surface area contributed by atoms with E-state index < -0.39 is 0 Å². The van der Waals surface area contributed by atoms with Crippen molar-refractivity contribution in [2.75, 3.05) is 7.11 Å². The van der Waals surface area contributed by atoms with Crippen molar-refractivity contribution in [3.8, 4) is 0 Å². The maximum Gasteiger partial charge on any atom is 0.308 e. The summed E-state index contributed by atoms with van der Waals surface area (Å²) in [6.45, 7) is 8.19. The molecule has 0 amide bonds. The molecule has 0 aliphatic heterocycles. The van der Waals surface area contributed by atoms with Crippen LogP contribution < -0.4 is 0 Å². The van der Waals surface area contributed by atoms with E-state index in [-0.39, 0.29) is 46.8 Å². The monoisotopic (exact) mass is 420 g/mol. The molecule has 1 N–H and O–H groups in total. The number of rotatable bonds is 3. The van der Waals surface area contributed by atoms with Gasteiger partial charge in [-0.05, 0) is 86.4 Å². The highest BCUT2D eigenvalue weighted by Crippen LogP contribution is 2.68. The van der Waals surface area contributed by atoms with Crippen molar-refractivity contribution in [2.45, 2.75) is 91.3 Å². The molecule has 0 radical (unpaired) electrons. The van der Waals surface area contributed by atoms with Gasteiger partial charge >= 0.3 is 11.9 Å². The number of ether oxygens (including phenoxy) is 2. The first-order valence-corrected chi connectivity index (χ1v) is 12.1. The van der Waals surface area contributed by atoms with E-state index in [4.69, 9.17) is 9.47 Å². The predicted octanol–water partition coefficient (Wildman–Crippen LogP) is 4.36. The van der Waals surface area contributed by atoms with Gasteiger partial charge in [0.1, 0.15) is 6.10 Å². The summed E-state index contributed by atoms with van der Waals surface area (Å²) >= 11 is 0. The van der Waals surface area contributed by atoms with Crippen LogP contribution in [0.25, 0.3) is 0 Å². The summed E-state index contributed by atoms with van der Waals surface area (Å²) in [5.41, 5.74) is 0.0147. The number of fused-ring (bicyclic) bond motifs is 5. The van der Waals surface area contributed by atoms with E-state index in [2.05, 4.69) is 13.8 Å². The van der Waals surface area contributed by atoms with Crippen molar-refractivity contribution in [3.63, 3.8) is 0 Å². The van der Waals surface area contributed by atoms with E-state index >= 15 is 0 Å². The average Bonchev–Trinajstić information content (AvgIpc) is 3.06. The Morgan fingerprint density at radius 3 is 2.43 bits per heavy atom. The van der Waals surface area contributed by atoms with E-state index in [1.807, 2.05) is 6.92 Å². The first kappa shape index (κ1) is 22.1. The van der Waals surface area contributed by atoms with Crippen LogP contribution >= 0.6 is 0 Å². The fourth-order valence-corrected chi connectivity index (χ4v) is 8.73. The fourth-order valence-electron chi connectivity index (χ4n) is 8.73. The normalized spacial score (nSPS) is 48.7. The third-order valence-electron chi connectivity index (χ3n) is 10.3. The molecule has 3 unspecified atom stereocenters. The first-order valence-electron chi connectivity index (χ1n) is 12.1. The van der Waals surface area contributed by atoms with E-state index in [1.54, 1.807) is 0 Å². The molecule has 0 aromatic carbocycles. The van der Waals surface area contributed by atoms with E-state index in [0.29, 0.717) is 23.7 Å². The minimum absolute atomic E-state index is 0.0627. The van der Waals surface area contributed by atoms with E-state index in [9.17, 15) is 14.7 Å². The summed E-state index contributed by atoms with van der Waals surface area (Å²) in [5.74, 6) is 1.91. The van der Waals surface area contributed by atoms with E-state index in [1.165, 1.54) is 26.9 Å². The fraction of sp³-hybridized carbons (Fsp3) is 0.920. The van der Waals surface area contributed by atoms with Crippen molar-refractivity contribution in [2.24, 2.45) is 46.3 Å². The molecule has 0 heterocycles. The lowest BCUT2D eigenvalue weighted by molar-refractivity contribution is -0.183. The Kier molecular flexibility index (Phi) is 5.74. The zero-order valence-corrected chi connectivity index (χ0v) is 19.4. The molecule has 0 spiro atoms. The quantitative estimate of drug-likeness (QED) is 0.687. The smallest absolute Gasteiger partial charge is 0.308 e. The highest BCUT2D eigenvalue weighted by atomic mass is 16.5. The zero-order valence-electron chi connectivity index (χ0n) is 19.4. The molecule has 0 saturated heterocycles. The molecule has 30 heavy (non-hydrogen) atoms. The number of aliphatic hydroxyl groups excluding tert-OH is 1. The summed E-state index contributed by atoms with van der Waals surface area (Å²) in [4.78, 5) is 23.8. The lowest BCUT2D eigenvalue weighted by atomic mass is 9.43. The van der Waals surface area contributed by atoms with Gasteiger partial charge in [-0.3, -0.25) is 9.59 Å². The molecule has 0 aromatic rings. The molecule has 4 aliphatic rings. The zero-order chi connectivity index (χ0) is 21.8. The number of hydrogen-bond acceptors (Lipinski definition) is 5. The summed E-state index contributed by atoms with van der Waals surface area (Å²) in [5, 5.41) is 11.5. The second-order valence-electron chi connectivity index (χ2n) is 11.3. The van der Waals surface area contributed by atoms with Crippen molar-refractivity contribution in [3.05, 3.63) is 0 Å². The highest BCUT2D eigenvalue weighted by Gasteiger charge is 2.64. The minimum atomic E-state index is -0.370. The molecule has 10 atom stereocenters. The molecular weight excluding hydrogens is 380 g/mol. The largest absolute Gasteiger partial charge is 0.469 e. The predicted molar refractivity (Wildman–Crippen MR) is 113 cm³/mol. The number of hydrogen-bond donors (Lipinski definition) is 1. The van der Waals surface area contributed by atoms with Crippen LogP contribution in [0.3, 0.4) is 0 Å². The van der Waals surface area contributed by atoms with Crippen LogP contribution in [0.15, 0.2) is 0 Å². The molecule has 0 aromatic heterocycles. The third kappa shape index (κ3) is 3.22. The van der Waals surface area contributed by atoms with Crippen LogP contribution in [0, 0.1) is 46.3 Å². The van der Waals surface area contributed by atoms with Gasteiger partial charge in [0, 0.05) is 12.3 Å². The third-order valence-corrected chi connectivity index (χ3v) is 10.3. The number of carbonyl (C=O) groups is 2. The number of esters is 2. The summed E-state index contributed by atoms with van der Waals surface area (Å²) in [6.07, 6.45) is 8.03. The molecular formula is C25H40O5. The standard InChI is InChI=1S/C25H40O5/c1-14(23(28)29-5)19-8-9-20-18-7-6-16-12-17(30-15(2)26)10-11-24(16,3)21(18)13-22(27)25(19,20)4/h14,16-22,27H,6-13H2,1-5H3/t14-,16+,17+,18?,19+,20?,21?,22-,24-,25+/m0/s1. The molecule has 4 fully saturated rings. The Labute approximate surface area is 181 Å². The topological polar surface area (TPSA) is 72.8 Å². The first-order chi connectivity index (χ1) is 14.1. The molecule has 5 nitrogen and oxygen atoms in total. The maximum atomic E-state index is 12.3. The maximum absolute atomic E-state index is 12.3. The van der Waals surface area contributed by atoms with Gasteiger partial charge in [0.15, 0.2) is 0 Å². The molecule has 4 rings (SSSR count). The SMILES string of the molecule is COC(=O)[C@@H](C)[C@H]1CCC2C3CC[C@@H]4C[C@H](OC(C)=O)CC[C@]4(C)C3C[C@H](O)[C@@]21C. The van der Waals surface area contributed by atoms with E-state index in [0.717, 1.165) is 38.5 Å². The van der Waals surface area contributed by atoms with Gasteiger partial charge < -0.3 is 14.6 Å². The minimum Gasteiger partial charge on any atom is -0.469 e. The molecule has 170 valence electrons. The number of carbonyl (C=O) groups excluding carboxylic acids is 2. The lowest BCUT2D eigenvalue weighted by Crippen LogP contribution is -2.59. The second-order valence-corrected chi connectivity index (χ2v) is 11.3. The summed E-state index contributed by atoms with van der Waals surface area (Å²) < 4.78 is 10.6. The van der Waals surface area contributed by atoms with Gasteiger partial charge in [0.2, 0.25) is 0 Å². The van der Waals surface area contributed by atoms with Crippen LogP contribution in [0.2, 0.25) is 0 Å². The Hall–Kier alpha value is -1.10. The Morgan fingerprint density at radius 2 is 1.77 bits per heavy atom. The molecule has 5 heteroatoms. The van der Waals surface area contributed by atoms with Gasteiger partial charge in [-0.2, -0.15) is 0 Å². The average molecular weight is 421 g/mol. The van der Waals surface area contributed by atoms with Gasteiger partial charge in [-0.1, -0.05) is 20.8 Å². The molecule has 4 aliphatic carbocycles. The second kappa shape index (κ2) is 7.79. The van der Waals surface area contributed by atoms with Gasteiger partial charge in [-0.25, -0.2) is 0 Å². The molecule has 4 saturated carbocycles. The highest BCUT2D eigenvalue weighted by molar-refractivity contribution is 5.72. The van der Waals surface area contributed by atoms with Crippen molar-refractivity contribution in [1.82, 2.24) is 0 Å². The van der Waals surface area contributed by atoms with Crippen LogP contribution in [-0.2, 0) is 19.1 Å². The Balaban J connectivity index is 1.56. The number of methoxy groups -OCH3 is 1. The number of aliphatic hydroxyl groups is 1. The Bertz CT molecular complexity index is 691. The lowest BCUT2D eigenvalue weighted by Gasteiger charge is -2.62. The van der Waals surface area contributed by atoms with Crippen LogP contribution in [0.4, 0.5) is 0 Å². The van der Waals surface area contributed by atoms with Gasteiger partial charge in [0.25, 0.3) is 0 Å². The Morgan fingerprint density at radius 1 is 1.03 bits per heavy atom. The summed E-state index contributed by atoms with van der Waals surface area (Å²) in [7, 11) is 1.47. The molecule has 0 bridgehead atoms. The summed E-state index contributed by atoms with van der Waals surface area (Å²) in [6, 6.07) is 0. The van der Waals surface area contributed by atoms with Gasteiger partial charge in [0.05, 0.1) is 19.1 Å². The van der Waals surface area contributed by atoms with Crippen LogP contribution in [-0.4, -0.2) is 36.4 Å². The van der Waals surface area contributed by atoms with Crippen molar-refractivity contribution >= 4 is 11.9 Å². The van der Waals surface area contributed by atoms with Gasteiger partial charge in [-0.15, -0.1) is 0 Å².